The molecule has 154 valence electrons. The third-order valence-corrected chi connectivity index (χ3v) is 6.11. The zero-order chi connectivity index (χ0) is 20.4. The Kier molecular flexibility index (Phi) is 5.41. The summed E-state index contributed by atoms with van der Waals surface area (Å²) in [6.45, 7) is 3.11. The van der Waals surface area contributed by atoms with Crippen molar-refractivity contribution < 1.29 is 19.2 Å². The minimum atomic E-state index is -0.943. The van der Waals surface area contributed by atoms with Crippen molar-refractivity contribution in [1.82, 2.24) is 15.0 Å². The first-order valence-electron chi connectivity index (χ1n) is 10.3. The van der Waals surface area contributed by atoms with Gasteiger partial charge in [0, 0.05) is 44.6 Å². The van der Waals surface area contributed by atoms with Crippen molar-refractivity contribution in [2.45, 2.75) is 50.7 Å². The summed E-state index contributed by atoms with van der Waals surface area (Å²) in [5, 5.41) is 14.0. The zero-order valence-corrected chi connectivity index (χ0v) is 16.7. The normalized spacial score (nSPS) is 22.8. The van der Waals surface area contributed by atoms with Gasteiger partial charge in [-0.05, 0) is 25.7 Å². The predicted octanol–water partition coefficient (Wildman–Crippen LogP) is 2.25. The van der Waals surface area contributed by atoms with E-state index in [9.17, 15) is 14.7 Å². The number of piperidine rings is 1. The van der Waals surface area contributed by atoms with Crippen molar-refractivity contribution in [1.29, 1.82) is 0 Å². The molecule has 1 aromatic carbocycles. The molecule has 0 saturated carbocycles. The lowest BCUT2D eigenvalue weighted by molar-refractivity contribution is -0.152. The molecule has 3 heterocycles. The molecule has 7 nitrogen and oxygen atoms in total. The molecule has 2 amide bonds. The smallest absolute Gasteiger partial charge is 0.249 e. The minimum Gasteiger partial charge on any atom is -0.393 e. The molecule has 0 spiro atoms. The molecule has 2 aromatic rings. The second-order valence-electron chi connectivity index (χ2n) is 8.05. The van der Waals surface area contributed by atoms with Gasteiger partial charge >= 0.3 is 0 Å². The van der Waals surface area contributed by atoms with Gasteiger partial charge in [-0.1, -0.05) is 35.5 Å². The average molecular weight is 397 g/mol. The second-order valence-corrected chi connectivity index (χ2v) is 8.05. The number of aromatic nitrogens is 1. The van der Waals surface area contributed by atoms with Gasteiger partial charge in [0.15, 0.2) is 0 Å². The molecule has 0 unspecified atom stereocenters. The first-order valence-corrected chi connectivity index (χ1v) is 10.3. The number of carbonyl (C=O) groups excluding carboxylic acids is 2. The van der Waals surface area contributed by atoms with Crippen LogP contribution in [0.1, 0.15) is 38.4 Å². The van der Waals surface area contributed by atoms with Crippen molar-refractivity contribution >= 4 is 11.8 Å². The van der Waals surface area contributed by atoms with Crippen molar-refractivity contribution in [2.24, 2.45) is 0 Å². The molecule has 2 aliphatic rings. The topological polar surface area (TPSA) is 86.9 Å². The van der Waals surface area contributed by atoms with E-state index in [4.69, 9.17) is 4.52 Å². The van der Waals surface area contributed by atoms with Gasteiger partial charge in [0.2, 0.25) is 11.8 Å². The van der Waals surface area contributed by atoms with E-state index in [1.807, 2.05) is 36.4 Å². The molecule has 0 bridgehead atoms. The van der Waals surface area contributed by atoms with Crippen LogP contribution < -0.4 is 0 Å². The van der Waals surface area contributed by atoms with E-state index in [0.29, 0.717) is 51.1 Å². The fourth-order valence-corrected chi connectivity index (χ4v) is 4.61. The maximum atomic E-state index is 13.6. The van der Waals surface area contributed by atoms with Crippen molar-refractivity contribution in [3.63, 3.8) is 0 Å². The summed E-state index contributed by atoms with van der Waals surface area (Å²) < 4.78 is 5.59. The molecule has 2 aliphatic heterocycles. The Morgan fingerprint density at radius 1 is 1.21 bits per heavy atom. The van der Waals surface area contributed by atoms with Crippen LogP contribution >= 0.6 is 0 Å². The lowest BCUT2D eigenvalue weighted by Gasteiger charge is -2.41. The van der Waals surface area contributed by atoms with Crippen LogP contribution in [0.3, 0.4) is 0 Å². The highest BCUT2D eigenvalue weighted by Crippen LogP contribution is 2.36. The van der Waals surface area contributed by atoms with E-state index >= 15 is 0 Å². The van der Waals surface area contributed by atoms with E-state index in [2.05, 4.69) is 5.16 Å². The molecule has 0 radical (unpaired) electrons. The molecule has 0 aliphatic carbocycles. The van der Waals surface area contributed by atoms with Crippen LogP contribution in [0.25, 0.3) is 11.3 Å². The van der Waals surface area contributed by atoms with Gasteiger partial charge in [-0.2, -0.15) is 0 Å². The van der Waals surface area contributed by atoms with Gasteiger partial charge in [0.05, 0.1) is 6.10 Å². The Hall–Kier alpha value is -2.67. The van der Waals surface area contributed by atoms with Gasteiger partial charge in [0.25, 0.3) is 0 Å². The number of carbonyl (C=O) groups is 2. The monoisotopic (exact) mass is 397 g/mol. The second kappa shape index (κ2) is 7.99. The van der Waals surface area contributed by atoms with Gasteiger partial charge in [-0.15, -0.1) is 0 Å². The highest BCUT2D eigenvalue weighted by molar-refractivity contribution is 5.92. The number of aliphatic hydroxyl groups is 1. The summed E-state index contributed by atoms with van der Waals surface area (Å²) >= 11 is 0. The molecule has 29 heavy (non-hydrogen) atoms. The Morgan fingerprint density at radius 2 is 1.93 bits per heavy atom. The zero-order valence-electron chi connectivity index (χ0n) is 16.7. The summed E-state index contributed by atoms with van der Waals surface area (Å²) in [5.41, 5.74) is 0.723. The molecule has 7 heteroatoms. The van der Waals surface area contributed by atoms with Crippen LogP contribution in [-0.4, -0.2) is 63.2 Å². The first kappa shape index (κ1) is 19.6. The summed E-state index contributed by atoms with van der Waals surface area (Å²) in [6, 6.07) is 11.6. The number of nitrogens with zero attached hydrogens (tertiary/aromatic N) is 3. The Labute approximate surface area is 170 Å². The average Bonchev–Trinajstić information content (AvgIpc) is 3.37. The van der Waals surface area contributed by atoms with Crippen LogP contribution in [0.15, 0.2) is 40.9 Å². The van der Waals surface area contributed by atoms with E-state index in [-0.39, 0.29) is 17.9 Å². The maximum absolute atomic E-state index is 13.6. The highest BCUT2D eigenvalue weighted by atomic mass is 16.5. The minimum absolute atomic E-state index is 0.0465. The SMILES string of the molecule is CC(=O)N1CCC[C@@]1(Cc1cc(-c2ccccc2)no1)C(=O)N1CCC(O)CC1. The van der Waals surface area contributed by atoms with Crippen molar-refractivity contribution in [3.05, 3.63) is 42.2 Å². The third kappa shape index (κ3) is 3.79. The quantitative estimate of drug-likeness (QED) is 0.855. The summed E-state index contributed by atoms with van der Waals surface area (Å²) in [6.07, 6.45) is 2.48. The van der Waals surface area contributed by atoms with E-state index < -0.39 is 5.54 Å². The molecule has 4 rings (SSSR count). The van der Waals surface area contributed by atoms with E-state index in [0.717, 1.165) is 17.7 Å². The molecule has 1 atom stereocenters. The molecule has 1 N–H and O–H groups in total. The molecular formula is C22H27N3O4. The molecule has 2 fully saturated rings. The maximum Gasteiger partial charge on any atom is 0.249 e. The molecular weight excluding hydrogens is 370 g/mol. The fourth-order valence-electron chi connectivity index (χ4n) is 4.61. The van der Waals surface area contributed by atoms with Crippen molar-refractivity contribution in [3.8, 4) is 11.3 Å². The van der Waals surface area contributed by atoms with E-state index in [1.165, 1.54) is 6.92 Å². The van der Waals surface area contributed by atoms with Crippen LogP contribution in [-0.2, 0) is 16.0 Å². The number of amides is 2. The summed E-state index contributed by atoms with van der Waals surface area (Å²) in [5.74, 6) is 0.452. The first-order chi connectivity index (χ1) is 14.0. The number of hydrogen-bond donors (Lipinski definition) is 1. The number of aliphatic hydroxyl groups excluding tert-OH is 1. The van der Waals surface area contributed by atoms with Crippen LogP contribution in [0.4, 0.5) is 0 Å². The number of benzene rings is 1. The Balaban J connectivity index is 1.62. The lowest BCUT2D eigenvalue weighted by atomic mass is 9.87. The predicted molar refractivity (Wildman–Crippen MR) is 107 cm³/mol. The lowest BCUT2D eigenvalue weighted by Crippen LogP contribution is -2.60. The van der Waals surface area contributed by atoms with Crippen LogP contribution in [0.5, 0.6) is 0 Å². The van der Waals surface area contributed by atoms with Crippen molar-refractivity contribution in [2.75, 3.05) is 19.6 Å². The highest BCUT2D eigenvalue weighted by Gasteiger charge is 2.51. The Bertz CT molecular complexity index is 873. The summed E-state index contributed by atoms with van der Waals surface area (Å²) in [4.78, 5) is 29.5. The van der Waals surface area contributed by atoms with E-state index in [1.54, 1.807) is 9.80 Å². The number of likely N-dealkylation sites (tertiary alicyclic amines) is 2. The van der Waals surface area contributed by atoms with Gasteiger partial charge in [-0.25, -0.2) is 0 Å². The van der Waals surface area contributed by atoms with Gasteiger partial charge in [0.1, 0.15) is 17.0 Å². The third-order valence-electron chi connectivity index (χ3n) is 6.11. The number of rotatable bonds is 4. The van der Waals surface area contributed by atoms with Gasteiger partial charge in [-0.3, -0.25) is 9.59 Å². The molecule has 1 aromatic heterocycles. The fraction of sp³-hybridized carbons (Fsp3) is 0.500. The number of hydrogen-bond acceptors (Lipinski definition) is 5. The molecule has 2 saturated heterocycles. The van der Waals surface area contributed by atoms with Crippen LogP contribution in [0.2, 0.25) is 0 Å². The van der Waals surface area contributed by atoms with Crippen LogP contribution in [0, 0.1) is 0 Å². The Morgan fingerprint density at radius 3 is 2.62 bits per heavy atom. The largest absolute Gasteiger partial charge is 0.393 e. The van der Waals surface area contributed by atoms with Gasteiger partial charge < -0.3 is 19.4 Å². The standard InChI is InChI=1S/C22H27N3O4/c1-16(26)25-11-5-10-22(25,21(28)24-12-8-18(27)9-13-24)15-19-14-20(23-29-19)17-6-3-2-4-7-17/h2-4,6-7,14,18,27H,5,8-13,15H2,1H3/t22-/m1/s1. The summed E-state index contributed by atoms with van der Waals surface area (Å²) in [7, 11) is 0.